The van der Waals surface area contributed by atoms with Crippen molar-refractivity contribution in [2.45, 2.75) is 45.2 Å². The molecule has 1 aromatic carbocycles. The molecule has 0 heterocycles. The van der Waals surface area contributed by atoms with Crippen LogP contribution in [0, 0.1) is 0 Å². The van der Waals surface area contributed by atoms with Gasteiger partial charge < -0.3 is 10.2 Å². The van der Waals surface area contributed by atoms with Crippen LogP contribution in [0.15, 0.2) is 24.3 Å². The number of thioether (sulfide) groups is 1. The summed E-state index contributed by atoms with van der Waals surface area (Å²) in [5, 5.41) is 21.5. The highest BCUT2D eigenvalue weighted by Gasteiger charge is 2.21. The van der Waals surface area contributed by atoms with E-state index in [1.165, 1.54) is 23.9 Å². The number of hydrogen-bond acceptors (Lipinski definition) is 4. The van der Waals surface area contributed by atoms with Gasteiger partial charge in [0.15, 0.2) is 5.12 Å². The molecule has 2 atom stereocenters. The molecule has 0 saturated carbocycles. The van der Waals surface area contributed by atoms with Crippen molar-refractivity contribution in [1.82, 2.24) is 0 Å². The smallest absolute Gasteiger partial charge is 0.185 e. The minimum atomic E-state index is -1.43. The Morgan fingerprint density at radius 2 is 1.95 bits per heavy atom. The zero-order valence-electron chi connectivity index (χ0n) is 12.6. The van der Waals surface area contributed by atoms with Crippen molar-refractivity contribution in [1.29, 1.82) is 0 Å². The molecule has 2 unspecified atom stereocenters. The standard InChI is InChI=1S/C15H24O3SSi/c1-11(16)19-9-8-14(17)15(18)12-6-5-7-13(10-12)20(2,3)4/h5-7,10,14-15,17-18H,8-9H2,1-4H3. The molecule has 0 aliphatic rings. The summed E-state index contributed by atoms with van der Waals surface area (Å²) >= 11 is 1.18. The number of carbonyl (C=O) groups is 1. The first-order valence-electron chi connectivity index (χ1n) is 6.81. The van der Waals surface area contributed by atoms with Crippen molar-refractivity contribution in [3.8, 4) is 0 Å². The molecule has 0 aromatic heterocycles. The molecule has 0 aliphatic carbocycles. The van der Waals surface area contributed by atoms with Crippen LogP contribution in [0.1, 0.15) is 25.0 Å². The van der Waals surface area contributed by atoms with Gasteiger partial charge in [-0.15, -0.1) is 0 Å². The van der Waals surface area contributed by atoms with Crippen LogP contribution >= 0.6 is 11.8 Å². The first-order chi connectivity index (χ1) is 9.21. The van der Waals surface area contributed by atoms with Gasteiger partial charge in [-0.05, 0) is 12.0 Å². The molecule has 0 spiro atoms. The summed E-state index contributed by atoms with van der Waals surface area (Å²) in [6, 6.07) is 7.86. The fourth-order valence-corrected chi connectivity index (χ4v) is 3.74. The van der Waals surface area contributed by atoms with Gasteiger partial charge in [-0.1, -0.05) is 60.9 Å². The summed E-state index contributed by atoms with van der Waals surface area (Å²) in [5.74, 6) is 0.529. The highest BCUT2D eigenvalue weighted by atomic mass is 32.2. The van der Waals surface area contributed by atoms with Crippen molar-refractivity contribution in [3.63, 3.8) is 0 Å². The van der Waals surface area contributed by atoms with Gasteiger partial charge in [-0.2, -0.15) is 0 Å². The average Bonchev–Trinajstić information content (AvgIpc) is 2.36. The van der Waals surface area contributed by atoms with Crippen molar-refractivity contribution in [2.75, 3.05) is 5.75 Å². The molecule has 1 rings (SSSR count). The minimum Gasteiger partial charge on any atom is -0.390 e. The Hall–Kier alpha value is -0.623. The van der Waals surface area contributed by atoms with E-state index >= 15 is 0 Å². The van der Waals surface area contributed by atoms with Crippen LogP contribution in [0.25, 0.3) is 0 Å². The molecule has 0 amide bonds. The molecule has 2 N–H and O–H groups in total. The van der Waals surface area contributed by atoms with E-state index in [4.69, 9.17) is 0 Å². The Balaban J connectivity index is 2.71. The Labute approximate surface area is 126 Å². The van der Waals surface area contributed by atoms with Gasteiger partial charge in [-0.25, -0.2) is 0 Å². The van der Waals surface area contributed by atoms with Gasteiger partial charge in [0.05, 0.1) is 14.2 Å². The molecule has 112 valence electrons. The summed E-state index contributed by atoms with van der Waals surface area (Å²) in [5.41, 5.74) is 0.755. The van der Waals surface area contributed by atoms with E-state index in [1.807, 2.05) is 18.2 Å². The maximum atomic E-state index is 10.8. The zero-order chi connectivity index (χ0) is 15.3. The number of carbonyl (C=O) groups excluding carboxylic acids is 1. The summed E-state index contributed by atoms with van der Waals surface area (Å²) in [4.78, 5) is 10.8. The fraction of sp³-hybridized carbons (Fsp3) is 0.533. The number of benzene rings is 1. The van der Waals surface area contributed by atoms with E-state index in [0.717, 1.165) is 5.56 Å². The SMILES string of the molecule is CC(=O)SCCC(O)C(O)c1cccc([Si](C)(C)C)c1. The first-order valence-corrected chi connectivity index (χ1v) is 11.3. The second kappa shape index (κ2) is 7.40. The molecular formula is C15H24O3SSi. The van der Waals surface area contributed by atoms with E-state index in [-0.39, 0.29) is 5.12 Å². The van der Waals surface area contributed by atoms with E-state index < -0.39 is 20.3 Å². The second-order valence-electron chi connectivity index (χ2n) is 6.02. The molecule has 0 aliphatic heterocycles. The predicted octanol–water partition coefficient (Wildman–Crippen LogP) is 2.30. The lowest BCUT2D eigenvalue weighted by atomic mass is 10.0. The van der Waals surface area contributed by atoms with Crippen LogP contribution in [0.5, 0.6) is 0 Å². The van der Waals surface area contributed by atoms with Crippen molar-refractivity contribution in [2.24, 2.45) is 0 Å². The average molecular weight is 313 g/mol. The molecule has 0 fully saturated rings. The van der Waals surface area contributed by atoms with Gasteiger partial charge >= 0.3 is 0 Å². The summed E-state index contributed by atoms with van der Waals surface area (Å²) in [7, 11) is -1.43. The third-order valence-corrected chi connectivity index (χ3v) is 6.07. The van der Waals surface area contributed by atoms with E-state index in [9.17, 15) is 15.0 Å². The largest absolute Gasteiger partial charge is 0.390 e. The molecule has 0 saturated heterocycles. The summed E-state index contributed by atoms with van der Waals surface area (Å²) in [6.07, 6.45) is -1.32. The molecule has 0 bridgehead atoms. The third-order valence-electron chi connectivity index (χ3n) is 3.18. The van der Waals surface area contributed by atoms with Gasteiger partial charge in [-0.3, -0.25) is 4.79 Å². The van der Waals surface area contributed by atoms with E-state index in [2.05, 4.69) is 25.7 Å². The Morgan fingerprint density at radius 1 is 1.30 bits per heavy atom. The zero-order valence-corrected chi connectivity index (χ0v) is 14.4. The minimum absolute atomic E-state index is 0.0346. The molecule has 5 heteroatoms. The van der Waals surface area contributed by atoms with E-state index in [1.54, 1.807) is 0 Å². The van der Waals surface area contributed by atoms with Gasteiger partial charge in [0.2, 0.25) is 0 Å². The maximum Gasteiger partial charge on any atom is 0.185 e. The van der Waals surface area contributed by atoms with Crippen molar-refractivity contribution >= 4 is 30.1 Å². The first kappa shape index (κ1) is 17.4. The molecule has 1 aromatic rings. The van der Waals surface area contributed by atoms with Gasteiger partial charge in [0.1, 0.15) is 6.10 Å². The normalized spacial score (nSPS) is 14.9. The number of aliphatic hydroxyl groups is 2. The van der Waals surface area contributed by atoms with Crippen LogP contribution in [0.2, 0.25) is 19.6 Å². The van der Waals surface area contributed by atoms with Crippen LogP contribution in [0.3, 0.4) is 0 Å². The van der Waals surface area contributed by atoms with Gasteiger partial charge in [0, 0.05) is 12.7 Å². The molecule has 0 radical (unpaired) electrons. The second-order valence-corrected chi connectivity index (χ2v) is 12.4. The number of aliphatic hydroxyl groups excluding tert-OH is 2. The van der Waals surface area contributed by atoms with Crippen molar-refractivity contribution in [3.05, 3.63) is 29.8 Å². The molecular weight excluding hydrogens is 288 g/mol. The lowest BCUT2D eigenvalue weighted by molar-refractivity contribution is -0.109. The summed E-state index contributed by atoms with van der Waals surface area (Å²) < 4.78 is 0. The maximum absolute atomic E-state index is 10.8. The Kier molecular flexibility index (Phi) is 6.45. The fourth-order valence-electron chi connectivity index (χ4n) is 1.89. The Bertz CT molecular complexity index is 457. The molecule has 20 heavy (non-hydrogen) atoms. The van der Waals surface area contributed by atoms with Crippen LogP contribution in [-0.4, -0.2) is 35.3 Å². The van der Waals surface area contributed by atoms with Gasteiger partial charge in [0.25, 0.3) is 0 Å². The highest BCUT2D eigenvalue weighted by molar-refractivity contribution is 8.13. The Morgan fingerprint density at radius 3 is 2.50 bits per heavy atom. The molecule has 3 nitrogen and oxygen atoms in total. The monoisotopic (exact) mass is 312 g/mol. The van der Waals surface area contributed by atoms with E-state index in [0.29, 0.717) is 12.2 Å². The lowest BCUT2D eigenvalue weighted by Crippen LogP contribution is -2.38. The van der Waals surface area contributed by atoms with Crippen molar-refractivity contribution < 1.29 is 15.0 Å². The topological polar surface area (TPSA) is 57.5 Å². The summed E-state index contributed by atoms with van der Waals surface area (Å²) in [6.45, 7) is 8.25. The van der Waals surface area contributed by atoms with Crippen LogP contribution in [0.4, 0.5) is 0 Å². The number of hydrogen-bond donors (Lipinski definition) is 2. The quantitative estimate of drug-likeness (QED) is 0.791. The van der Waals surface area contributed by atoms with Crippen LogP contribution < -0.4 is 5.19 Å². The van der Waals surface area contributed by atoms with Crippen LogP contribution in [-0.2, 0) is 4.79 Å². The highest BCUT2D eigenvalue weighted by Crippen LogP contribution is 2.20. The number of rotatable bonds is 6. The lowest BCUT2D eigenvalue weighted by Gasteiger charge is -2.21. The third kappa shape index (κ3) is 5.40. The predicted molar refractivity (Wildman–Crippen MR) is 88.1 cm³/mol.